The predicted molar refractivity (Wildman–Crippen MR) is 44.9 cm³/mol. The molecular formula is C10H9F3O. The second kappa shape index (κ2) is 2.98. The van der Waals surface area contributed by atoms with Crippen molar-refractivity contribution in [2.24, 2.45) is 0 Å². The van der Waals surface area contributed by atoms with Crippen molar-refractivity contribution in [3.63, 3.8) is 0 Å². The third-order valence-corrected chi connectivity index (χ3v) is 2.27. The second-order valence-corrected chi connectivity index (χ2v) is 3.39. The van der Waals surface area contributed by atoms with Crippen molar-refractivity contribution in [2.75, 3.05) is 6.61 Å². The molecule has 1 fully saturated rings. The third-order valence-electron chi connectivity index (χ3n) is 2.27. The van der Waals surface area contributed by atoms with Crippen LogP contribution >= 0.6 is 0 Å². The lowest BCUT2D eigenvalue weighted by molar-refractivity contribution is -0.138. The zero-order valence-electron chi connectivity index (χ0n) is 7.56. The fraction of sp³-hybridized carbons (Fsp3) is 0.400. The van der Waals surface area contributed by atoms with Gasteiger partial charge in [-0.05, 0) is 24.1 Å². The lowest BCUT2D eigenvalue weighted by Gasteiger charge is -2.10. The highest BCUT2D eigenvalue weighted by Gasteiger charge is 2.34. The van der Waals surface area contributed by atoms with E-state index in [4.69, 9.17) is 4.74 Å². The summed E-state index contributed by atoms with van der Waals surface area (Å²) in [5.41, 5.74) is 0.301. The van der Waals surface area contributed by atoms with E-state index in [2.05, 4.69) is 0 Å². The summed E-state index contributed by atoms with van der Waals surface area (Å²) in [6.07, 6.45) is -4.40. The summed E-state index contributed by atoms with van der Waals surface area (Å²) in [4.78, 5) is 0. The Hall–Kier alpha value is -1.03. The first-order valence-corrected chi connectivity index (χ1v) is 4.28. The average molecular weight is 202 g/mol. The Labute approximate surface area is 79.5 Å². The van der Waals surface area contributed by atoms with Crippen LogP contribution in [0.3, 0.4) is 0 Å². The maximum absolute atomic E-state index is 12.5. The Kier molecular flexibility index (Phi) is 2.03. The molecule has 0 spiro atoms. The zero-order valence-corrected chi connectivity index (χ0v) is 7.56. The van der Waals surface area contributed by atoms with Crippen molar-refractivity contribution in [1.29, 1.82) is 0 Å². The first-order chi connectivity index (χ1) is 6.48. The molecule has 0 bridgehead atoms. The first kappa shape index (κ1) is 9.52. The zero-order chi connectivity index (χ0) is 10.3. The second-order valence-electron chi connectivity index (χ2n) is 3.39. The highest BCUT2D eigenvalue weighted by atomic mass is 19.4. The Bertz CT molecular complexity index is 353. The van der Waals surface area contributed by atoms with Gasteiger partial charge in [0.25, 0.3) is 0 Å². The van der Waals surface area contributed by atoms with Gasteiger partial charge in [0.2, 0.25) is 0 Å². The van der Waals surface area contributed by atoms with Crippen LogP contribution in [0, 0.1) is 6.92 Å². The molecule has 14 heavy (non-hydrogen) atoms. The number of halogens is 3. The lowest BCUT2D eigenvalue weighted by Crippen LogP contribution is -2.07. The monoisotopic (exact) mass is 202 g/mol. The van der Waals surface area contributed by atoms with Crippen molar-refractivity contribution >= 4 is 0 Å². The quantitative estimate of drug-likeness (QED) is 0.637. The van der Waals surface area contributed by atoms with Crippen LogP contribution < -0.4 is 0 Å². The molecule has 0 aromatic heterocycles. The van der Waals surface area contributed by atoms with Gasteiger partial charge in [-0.15, -0.1) is 0 Å². The largest absolute Gasteiger partial charge is 0.416 e. The molecule has 0 radical (unpaired) electrons. The van der Waals surface area contributed by atoms with Gasteiger partial charge in [-0.1, -0.05) is 12.1 Å². The summed E-state index contributed by atoms with van der Waals surface area (Å²) in [6.45, 7) is 1.99. The molecule has 1 nitrogen and oxygen atoms in total. The van der Waals surface area contributed by atoms with Crippen LogP contribution in [0.1, 0.15) is 22.8 Å². The summed E-state index contributed by atoms with van der Waals surface area (Å²) in [7, 11) is 0. The molecule has 1 atom stereocenters. The molecule has 1 unspecified atom stereocenters. The van der Waals surface area contributed by atoms with Crippen LogP contribution in [0.15, 0.2) is 18.2 Å². The van der Waals surface area contributed by atoms with Crippen molar-refractivity contribution in [2.45, 2.75) is 19.2 Å². The number of benzene rings is 1. The average Bonchev–Trinajstić information content (AvgIpc) is 2.85. The van der Waals surface area contributed by atoms with Gasteiger partial charge in [-0.3, -0.25) is 0 Å². The van der Waals surface area contributed by atoms with Gasteiger partial charge in [0.05, 0.1) is 12.2 Å². The Morgan fingerprint density at radius 1 is 1.36 bits per heavy atom. The van der Waals surface area contributed by atoms with Gasteiger partial charge in [-0.25, -0.2) is 0 Å². The maximum atomic E-state index is 12.5. The molecule has 0 aliphatic carbocycles. The SMILES string of the molecule is Cc1ccc(C2CO2)cc1C(F)(F)F. The van der Waals surface area contributed by atoms with Crippen molar-refractivity contribution in [3.8, 4) is 0 Å². The molecule has 0 amide bonds. The molecule has 1 aromatic carbocycles. The molecule has 2 rings (SSSR count). The van der Waals surface area contributed by atoms with Crippen LogP contribution in [0.25, 0.3) is 0 Å². The van der Waals surface area contributed by atoms with E-state index in [1.165, 1.54) is 19.1 Å². The predicted octanol–water partition coefficient (Wildman–Crippen LogP) is 3.09. The van der Waals surface area contributed by atoms with E-state index in [1.54, 1.807) is 6.07 Å². The van der Waals surface area contributed by atoms with Crippen LogP contribution in [-0.2, 0) is 10.9 Å². The molecule has 0 N–H and O–H groups in total. The number of alkyl halides is 3. The topological polar surface area (TPSA) is 12.5 Å². The summed E-state index contributed by atoms with van der Waals surface area (Å²) >= 11 is 0. The van der Waals surface area contributed by atoms with Crippen LogP contribution in [-0.4, -0.2) is 6.61 Å². The fourth-order valence-electron chi connectivity index (χ4n) is 1.39. The van der Waals surface area contributed by atoms with E-state index in [0.29, 0.717) is 12.2 Å². The summed E-state index contributed by atoms with van der Waals surface area (Å²) < 4.78 is 42.3. The molecule has 1 aromatic rings. The molecule has 1 heterocycles. The summed E-state index contributed by atoms with van der Waals surface area (Å²) in [5, 5.41) is 0. The minimum absolute atomic E-state index is 0.128. The molecule has 1 aliphatic heterocycles. The highest BCUT2D eigenvalue weighted by molar-refractivity contribution is 5.35. The number of epoxide rings is 1. The Morgan fingerprint density at radius 3 is 2.50 bits per heavy atom. The van der Waals surface area contributed by atoms with Gasteiger partial charge >= 0.3 is 6.18 Å². The standard InChI is InChI=1S/C10H9F3O/c1-6-2-3-7(9-5-14-9)4-8(6)10(11,12)13/h2-4,9H,5H2,1H3. The van der Waals surface area contributed by atoms with Gasteiger partial charge in [0.15, 0.2) is 0 Å². The summed E-state index contributed by atoms with van der Waals surface area (Å²) in [6, 6.07) is 4.34. The van der Waals surface area contributed by atoms with E-state index in [1.807, 2.05) is 0 Å². The molecular weight excluding hydrogens is 193 g/mol. The number of rotatable bonds is 1. The van der Waals surface area contributed by atoms with Gasteiger partial charge in [0, 0.05) is 0 Å². The number of ether oxygens (including phenoxy) is 1. The van der Waals surface area contributed by atoms with Crippen LogP contribution in [0.5, 0.6) is 0 Å². The van der Waals surface area contributed by atoms with Crippen LogP contribution in [0.4, 0.5) is 13.2 Å². The minimum Gasteiger partial charge on any atom is -0.368 e. The van der Waals surface area contributed by atoms with E-state index in [-0.39, 0.29) is 11.7 Å². The van der Waals surface area contributed by atoms with Gasteiger partial charge in [-0.2, -0.15) is 13.2 Å². The van der Waals surface area contributed by atoms with Crippen molar-refractivity contribution < 1.29 is 17.9 Å². The summed E-state index contributed by atoms with van der Waals surface area (Å²) in [5.74, 6) is 0. The number of hydrogen-bond acceptors (Lipinski definition) is 1. The Morgan fingerprint density at radius 2 is 2.00 bits per heavy atom. The molecule has 0 saturated carbocycles. The smallest absolute Gasteiger partial charge is 0.368 e. The maximum Gasteiger partial charge on any atom is 0.416 e. The number of aryl methyl sites for hydroxylation is 1. The van der Waals surface area contributed by atoms with Crippen LogP contribution in [0.2, 0.25) is 0 Å². The van der Waals surface area contributed by atoms with Gasteiger partial charge in [0.1, 0.15) is 6.10 Å². The van der Waals surface area contributed by atoms with Crippen molar-refractivity contribution in [3.05, 3.63) is 34.9 Å². The minimum atomic E-state index is -4.27. The highest BCUT2D eigenvalue weighted by Crippen LogP contribution is 2.36. The molecule has 1 aliphatic rings. The fourth-order valence-corrected chi connectivity index (χ4v) is 1.39. The van der Waals surface area contributed by atoms with E-state index < -0.39 is 11.7 Å². The first-order valence-electron chi connectivity index (χ1n) is 4.28. The van der Waals surface area contributed by atoms with E-state index in [9.17, 15) is 13.2 Å². The third kappa shape index (κ3) is 1.75. The van der Waals surface area contributed by atoms with Gasteiger partial charge < -0.3 is 4.74 Å². The van der Waals surface area contributed by atoms with Crippen molar-refractivity contribution in [1.82, 2.24) is 0 Å². The lowest BCUT2D eigenvalue weighted by atomic mass is 10.0. The molecule has 76 valence electrons. The molecule has 1 saturated heterocycles. The Balaban J connectivity index is 2.41. The molecule has 4 heteroatoms. The van der Waals surface area contributed by atoms with E-state index >= 15 is 0 Å². The number of hydrogen-bond donors (Lipinski definition) is 0. The normalized spacial score (nSPS) is 21.0. The van der Waals surface area contributed by atoms with E-state index in [0.717, 1.165) is 0 Å².